The largest absolute Gasteiger partial charge is 0.493 e. The van der Waals surface area contributed by atoms with E-state index in [4.69, 9.17) is 9.47 Å². The van der Waals surface area contributed by atoms with Crippen molar-refractivity contribution in [3.8, 4) is 11.5 Å². The first-order valence-electron chi connectivity index (χ1n) is 5.79. The highest BCUT2D eigenvalue weighted by atomic mass is 127. The molecule has 2 rings (SSSR count). The highest BCUT2D eigenvalue weighted by Gasteiger charge is 2.16. The number of nitrogens with zero attached hydrogens (tertiary/aromatic N) is 1. The Morgan fingerprint density at radius 2 is 2.00 bits per heavy atom. The average Bonchev–Trinajstić information content (AvgIpc) is 2.48. The van der Waals surface area contributed by atoms with Gasteiger partial charge in [0.2, 0.25) is 0 Å². The van der Waals surface area contributed by atoms with Crippen LogP contribution in [-0.4, -0.2) is 25.1 Å². The topological polar surface area (TPSA) is 60.5 Å². The highest BCUT2D eigenvalue weighted by molar-refractivity contribution is 14.1. The molecule has 0 aliphatic rings. The van der Waals surface area contributed by atoms with Gasteiger partial charge in [-0.25, -0.2) is 4.98 Å². The van der Waals surface area contributed by atoms with E-state index in [9.17, 15) is 4.79 Å². The third-order valence-corrected chi connectivity index (χ3v) is 3.25. The number of hydrogen-bond acceptors (Lipinski definition) is 4. The summed E-state index contributed by atoms with van der Waals surface area (Å²) >= 11 is 2.15. The number of benzene rings is 1. The summed E-state index contributed by atoms with van der Waals surface area (Å²) in [6.45, 7) is 0. The van der Waals surface area contributed by atoms with Gasteiger partial charge in [0, 0.05) is 9.77 Å². The molecule has 0 saturated heterocycles. The lowest BCUT2D eigenvalue weighted by molar-refractivity contribution is 0.102. The molecular formula is C14H13IN2O3. The molecule has 6 heteroatoms. The van der Waals surface area contributed by atoms with Crippen LogP contribution in [0.5, 0.6) is 11.5 Å². The fraction of sp³-hybridized carbons (Fsp3) is 0.143. The third kappa shape index (κ3) is 3.19. The van der Waals surface area contributed by atoms with E-state index in [0.717, 1.165) is 3.57 Å². The highest BCUT2D eigenvalue weighted by Crippen LogP contribution is 2.31. The molecule has 20 heavy (non-hydrogen) atoms. The minimum atomic E-state index is -0.297. The summed E-state index contributed by atoms with van der Waals surface area (Å²) in [5.41, 5.74) is 0.396. The molecule has 0 aliphatic carbocycles. The van der Waals surface area contributed by atoms with Crippen LogP contribution >= 0.6 is 22.6 Å². The van der Waals surface area contributed by atoms with Crippen molar-refractivity contribution >= 4 is 34.3 Å². The van der Waals surface area contributed by atoms with Crippen molar-refractivity contribution in [2.75, 3.05) is 19.5 Å². The number of methoxy groups -OCH3 is 2. The van der Waals surface area contributed by atoms with Crippen molar-refractivity contribution in [2.45, 2.75) is 0 Å². The Morgan fingerprint density at radius 1 is 1.20 bits per heavy atom. The van der Waals surface area contributed by atoms with Crippen LogP contribution in [0.2, 0.25) is 0 Å². The van der Waals surface area contributed by atoms with Gasteiger partial charge in [-0.3, -0.25) is 4.79 Å². The lowest BCUT2D eigenvalue weighted by Crippen LogP contribution is -2.14. The summed E-state index contributed by atoms with van der Waals surface area (Å²) in [5.74, 6) is 1.10. The summed E-state index contributed by atoms with van der Waals surface area (Å²) in [6, 6.07) is 8.75. The number of anilines is 1. The lowest BCUT2D eigenvalue weighted by atomic mass is 10.1. The Balaban J connectivity index is 2.27. The van der Waals surface area contributed by atoms with Crippen molar-refractivity contribution in [3.63, 3.8) is 0 Å². The number of para-hydroxylation sites is 1. The Labute approximate surface area is 130 Å². The number of nitrogens with one attached hydrogen (secondary N) is 1. The Bertz CT molecular complexity index is 614. The number of pyridine rings is 1. The standard InChI is InChI=1S/C14H13IN2O3/c1-19-11-5-3-4-10(13(11)20-2)14(18)17-12-7-6-9(15)8-16-12/h3-8H,1-2H3,(H,16,17,18). The molecule has 1 amide bonds. The van der Waals surface area contributed by atoms with E-state index >= 15 is 0 Å². The van der Waals surface area contributed by atoms with Gasteiger partial charge in [-0.15, -0.1) is 0 Å². The average molecular weight is 384 g/mol. The normalized spacial score (nSPS) is 9.95. The van der Waals surface area contributed by atoms with E-state index in [2.05, 4.69) is 32.9 Å². The SMILES string of the molecule is COc1cccc(C(=O)Nc2ccc(I)cn2)c1OC. The molecule has 0 unspecified atom stereocenters. The number of aromatic nitrogens is 1. The zero-order chi connectivity index (χ0) is 14.5. The molecule has 1 aromatic carbocycles. The van der Waals surface area contributed by atoms with Gasteiger partial charge >= 0.3 is 0 Å². The van der Waals surface area contributed by atoms with Crippen molar-refractivity contribution in [1.29, 1.82) is 0 Å². The maximum Gasteiger partial charge on any atom is 0.260 e. The van der Waals surface area contributed by atoms with E-state index in [1.807, 2.05) is 6.07 Å². The first-order valence-corrected chi connectivity index (χ1v) is 6.87. The maximum atomic E-state index is 12.3. The van der Waals surface area contributed by atoms with Crippen molar-refractivity contribution in [3.05, 3.63) is 45.7 Å². The summed E-state index contributed by atoms with van der Waals surface area (Å²) in [4.78, 5) is 16.4. The van der Waals surface area contributed by atoms with Gasteiger partial charge in [0.1, 0.15) is 5.82 Å². The van der Waals surface area contributed by atoms with Crippen LogP contribution in [0.3, 0.4) is 0 Å². The van der Waals surface area contributed by atoms with Crippen LogP contribution in [0.15, 0.2) is 36.5 Å². The Kier molecular flexibility index (Phi) is 4.78. The van der Waals surface area contributed by atoms with Gasteiger partial charge in [0.25, 0.3) is 5.91 Å². The predicted octanol–water partition coefficient (Wildman–Crippen LogP) is 2.96. The van der Waals surface area contributed by atoms with Gasteiger partial charge in [-0.05, 0) is 46.9 Å². The van der Waals surface area contributed by atoms with Crippen LogP contribution < -0.4 is 14.8 Å². The molecule has 0 atom stereocenters. The number of carbonyl (C=O) groups is 1. The summed E-state index contributed by atoms with van der Waals surface area (Å²) in [6.07, 6.45) is 1.68. The van der Waals surface area contributed by atoms with Crippen molar-refractivity contribution in [1.82, 2.24) is 4.98 Å². The second kappa shape index (κ2) is 6.56. The van der Waals surface area contributed by atoms with Crippen LogP contribution in [0.4, 0.5) is 5.82 Å². The van der Waals surface area contributed by atoms with E-state index in [1.54, 1.807) is 30.5 Å². The summed E-state index contributed by atoms with van der Waals surface area (Å²) in [7, 11) is 3.03. The van der Waals surface area contributed by atoms with Gasteiger partial charge in [-0.2, -0.15) is 0 Å². The Morgan fingerprint density at radius 3 is 2.60 bits per heavy atom. The fourth-order valence-corrected chi connectivity index (χ4v) is 2.02. The third-order valence-electron chi connectivity index (χ3n) is 2.62. The summed E-state index contributed by atoms with van der Waals surface area (Å²) < 4.78 is 11.4. The molecule has 1 heterocycles. The van der Waals surface area contributed by atoms with Crippen LogP contribution in [0.1, 0.15) is 10.4 Å². The smallest absolute Gasteiger partial charge is 0.260 e. The monoisotopic (exact) mass is 384 g/mol. The fourth-order valence-electron chi connectivity index (χ4n) is 1.70. The quantitative estimate of drug-likeness (QED) is 0.824. The van der Waals surface area contributed by atoms with Gasteiger partial charge in [0.05, 0.1) is 19.8 Å². The number of halogens is 1. The van der Waals surface area contributed by atoms with Gasteiger partial charge in [-0.1, -0.05) is 6.07 Å². The van der Waals surface area contributed by atoms with Crippen LogP contribution in [0.25, 0.3) is 0 Å². The van der Waals surface area contributed by atoms with Crippen LogP contribution in [-0.2, 0) is 0 Å². The molecule has 0 spiro atoms. The Hall–Kier alpha value is -1.83. The maximum absolute atomic E-state index is 12.3. The number of carbonyl (C=O) groups excluding carboxylic acids is 1. The minimum absolute atomic E-state index is 0.297. The van der Waals surface area contributed by atoms with E-state index < -0.39 is 0 Å². The number of amides is 1. The van der Waals surface area contributed by atoms with Gasteiger partial charge < -0.3 is 14.8 Å². The molecule has 0 bridgehead atoms. The van der Waals surface area contributed by atoms with Crippen molar-refractivity contribution in [2.24, 2.45) is 0 Å². The van der Waals surface area contributed by atoms with E-state index in [0.29, 0.717) is 22.9 Å². The van der Waals surface area contributed by atoms with E-state index in [1.165, 1.54) is 14.2 Å². The van der Waals surface area contributed by atoms with Crippen LogP contribution in [0, 0.1) is 3.57 Å². The molecule has 0 radical (unpaired) electrons. The molecule has 0 fully saturated rings. The number of hydrogen-bond donors (Lipinski definition) is 1. The minimum Gasteiger partial charge on any atom is -0.493 e. The van der Waals surface area contributed by atoms with Crippen molar-refractivity contribution < 1.29 is 14.3 Å². The molecule has 0 aliphatic heterocycles. The number of ether oxygens (including phenoxy) is 2. The second-order valence-electron chi connectivity index (χ2n) is 3.86. The molecule has 104 valence electrons. The molecule has 0 saturated carbocycles. The summed E-state index contributed by atoms with van der Waals surface area (Å²) in [5, 5.41) is 2.72. The predicted molar refractivity (Wildman–Crippen MR) is 84.5 cm³/mol. The molecule has 5 nitrogen and oxygen atoms in total. The number of rotatable bonds is 4. The van der Waals surface area contributed by atoms with Gasteiger partial charge in [0.15, 0.2) is 11.5 Å². The lowest BCUT2D eigenvalue weighted by Gasteiger charge is -2.12. The molecule has 1 N–H and O–H groups in total. The second-order valence-corrected chi connectivity index (χ2v) is 5.10. The molecule has 1 aromatic heterocycles. The zero-order valence-corrected chi connectivity index (χ0v) is 13.2. The zero-order valence-electron chi connectivity index (χ0n) is 11.0. The molecule has 2 aromatic rings. The first-order chi connectivity index (χ1) is 9.65. The van der Waals surface area contributed by atoms with E-state index in [-0.39, 0.29) is 5.91 Å². The molecular weight excluding hydrogens is 371 g/mol. The first kappa shape index (κ1) is 14.6.